The molecule has 0 amide bonds. The van der Waals surface area contributed by atoms with Crippen LogP contribution in [0.3, 0.4) is 0 Å². The number of nitrogens with one attached hydrogen (secondary N) is 1. The molecule has 3 heteroatoms. The van der Waals surface area contributed by atoms with Gasteiger partial charge in [-0.3, -0.25) is 0 Å². The van der Waals surface area contributed by atoms with E-state index < -0.39 is 0 Å². The molecule has 1 aliphatic carbocycles. The Morgan fingerprint density at radius 3 is 2.86 bits per heavy atom. The fraction of sp³-hybridized carbons (Fsp3) is 0.455. The molecule has 0 radical (unpaired) electrons. The lowest BCUT2D eigenvalue weighted by molar-refractivity contribution is 0.338. The minimum Gasteiger partial charge on any atom is -0.508 e. The predicted molar refractivity (Wildman–Crippen MR) is 60.3 cm³/mol. The van der Waals surface area contributed by atoms with E-state index in [4.69, 9.17) is 0 Å². The Kier molecular flexibility index (Phi) is 3.08. The van der Waals surface area contributed by atoms with Crippen LogP contribution in [0.2, 0.25) is 0 Å². The molecular formula is C11H14BrNO. The van der Waals surface area contributed by atoms with E-state index in [1.54, 1.807) is 12.1 Å². The quantitative estimate of drug-likeness (QED) is 0.871. The molecule has 0 aromatic heterocycles. The van der Waals surface area contributed by atoms with Gasteiger partial charge in [0.25, 0.3) is 0 Å². The molecule has 0 saturated heterocycles. The molecule has 2 N–H and O–H groups in total. The van der Waals surface area contributed by atoms with Gasteiger partial charge in [-0.1, -0.05) is 22.4 Å². The molecule has 2 rings (SSSR count). The zero-order valence-corrected chi connectivity index (χ0v) is 9.55. The first-order valence-corrected chi connectivity index (χ1v) is 5.76. The Labute approximate surface area is 92.5 Å². The van der Waals surface area contributed by atoms with E-state index in [0.29, 0.717) is 11.8 Å². The first-order valence-electron chi connectivity index (χ1n) is 4.96. The van der Waals surface area contributed by atoms with Gasteiger partial charge in [0.1, 0.15) is 5.75 Å². The van der Waals surface area contributed by atoms with E-state index in [1.165, 1.54) is 19.3 Å². The topological polar surface area (TPSA) is 32.3 Å². The third-order valence-corrected chi connectivity index (χ3v) is 3.49. The summed E-state index contributed by atoms with van der Waals surface area (Å²) >= 11 is 3.47. The Hall–Kier alpha value is -0.540. The number of hydrogen-bond acceptors (Lipinski definition) is 2. The maximum atomic E-state index is 9.33. The minimum atomic E-state index is 0.332. The number of phenols is 1. The van der Waals surface area contributed by atoms with Crippen LogP contribution in [0.25, 0.3) is 0 Å². The normalized spacial score (nSPS) is 16.6. The van der Waals surface area contributed by atoms with Crippen molar-refractivity contribution in [1.29, 1.82) is 0 Å². The lowest BCUT2D eigenvalue weighted by Gasteiger charge is -2.26. The number of aromatic hydroxyl groups is 1. The van der Waals surface area contributed by atoms with Crippen molar-refractivity contribution in [2.75, 3.05) is 0 Å². The average Bonchev–Trinajstić information content (AvgIpc) is 2.08. The van der Waals surface area contributed by atoms with Gasteiger partial charge < -0.3 is 10.4 Å². The summed E-state index contributed by atoms with van der Waals surface area (Å²) in [6.07, 6.45) is 3.92. The molecule has 1 aliphatic rings. The molecule has 0 aliphatic heterocycles. The summed E-state index contributed by atoms with van der Waals surface area (Å²) in [4.78, 5) is 0. The molecule has 0 bridgehead atoms. The predicted octanol–water partition coefficient (Wildman–Crippen LogP) is 2.80. The fourth-order valence-corrected chi connectivity index (χ4v) is 1.95. The molecular weight excluding hydrogens is 242 g/mol. The first-order chi connectivity index (χ1) is 6.75. The highest BCUT2D eigenvalue weighted by Gasteiger charge is 2.16. The number of benzene rings is 1. The maximum absolute atomic E-state index is 9.33. The van der Waals surface area contributed by atoms with E-state index in [9.17, 15) is 5.11 Å². The summed E-state index contributed by atoms with van der Waals surface area (Å²) in [5, 5.41) is 12.8. The fourth-order valence-electron chi connectivity index (χ4n) is 1.56. The molecule has 1 saturated carbocycles. The van der Waals surface area contributed by atoms with Crippen LogP contribution in [0.5, 0.6) is 5.75 Å². The van der Waals surface area contributed by atoms with Crippen molar-refractivity contribution in [2.24, 2.45) is 0 Å². The molecule has 1 aromatic rings. The monoisotopic (exact) mass is 255 g/mol. The van der Waals surface area contributed by atoms with Crippen LogP contribution < -0.4 is 5.32 Å². The van der Waals surface area contributed by atoms with Crippen LogP contribution in [0, 0.1) is 0 Å². The highest BCUT2D eigenvalue weighted by atomic mass is 79.9. The third-order valence-electron chi connectivity index (χ3n) is 2.72. The molecule has 14 heavy (non-hydrogen) atoms. The number of halogens is 1. The van der Waals surface area contributed by atoms with Crippen LogP contribution in [-0.2, 0) is 6.54 Å². The van der Waals surface area contributed by atoms with E-state index in [1.807, 2.05) is 6.07 Å². The third kappa shape index (κ3) is 2.28. The van der Waals surface area contributed by atoms with Gasteiger partial charge in [0.2, 0.25) is 0 Å². The largest absolute Gasteiger partial charge is 0.508 e. The van der Waals surface area contributed by atoms with Crippen molar-refractivity contribution >= 4 is 15.9 Å². The molecule has 2 nitrogen and oxygen atoms in total. The Morgan fingerprint density at radius 1 is 1.43 bits per heavy atom. The van der Waals surface area contributed by atoms with Gasteiger partial charge in [0.05, 0.1) is 0 Å². The number of phenolic OH excluding ortho intramolecular Hbond substituents is 1. The summed E-state index contributed by atoms with van der Waals surface area (Å²) < 4.78 is 1.06. The molecule has 76 valence electrons. The van der Waals surface area contributed by atoms with Gasteiger partial charge in [0.15, 0.2) is 0 Å². The van der Waals surface area contributed by atoms with E-state index >= 15 is 0 Å². The summed E-state index contributed by atoms with van der Waals surface area (Å²) in [6, 6.07) is 6.06. The maximum Gasteiger partial charge on any atom is 0.115 e. The van der Waals surface area contributed by atoms with Crippen molar-refractivity contribution in [2.45, 2.75) is 31.8 Å². The standard InChI is InChI=1S/C11H14BrNO/c12-11-5-4-10(14)6-8(11)7-13-9-2-1-3-9/h4-6,9,13-14H,1-3,7H2. The second kappa shape index (κ2) is 4.32. The highest BCUT2D eigenvalue weighted by molar-refractivity contribution is 9.10. The van der Waals surface area contributed by atoms with Crippen LogP contribution in [0.1, 0.15) is 24.8 Å². The summed E-state index contributed by atoms with van der Waals surface area (Å²) in [6.45, 7) is 0.833. The molecule has 1 fully saturated rings. The first kappa shape index (κ1) is 9.99. The zero-order chi connectivity index (χ0) is 9.97. The molecule has 1 aromatic carbocycles. The SMILES string of the molecule is Oc1ccc(Br)c(CNC2CCC2)c1. The minimum absolute atomic E-state index is 0.332. The van der Waals surface area contributed by atoms with Crippen molar-refractivity contribution in [3.63, 3.8) is 0 Å². The van der Waals surface area contributed by atoms with Crippen LogP contribution in [-0.4, -0.2) is 11.1 Å². The highest BCUT2D eigenvalue weighted by Crippen LogP contribution is 2.23. The molecule has 0 atom stereocenters. The average molecular weight is 256 g/mol. The van der Waals surface area contributed by atoms with E-state index in [0.717, 1.165) is 16.6 Å². The zero-order valence-electron chi connectivity index (χ0n) is 7.96. The van der Waals surface area contributed by atoms with Gasteiger partial charge in [0, 0.05) is 17.1 Å². The summed E-state index contributed by atoms with van der Waals surface area (Å²) in [5.41, 5.74) is 1.12. The van der Waals surface area contributed by atoms with Gasteiger partial charge in [-0.15, -0.1) is 0 Å². The van der Waals surface area contributed by atoms with Crippen molar-refractivity contribution < 1.29 is 5.11 Å². The van der Waals surface area contributed by atoms with Crippen LogP contribution >= 0.6 is 15.9 Å². The van der Waals surface area contributed by atoms with Crippen LogP contribution in [0.4, 0.5) is 0 Å². The second-order valence-corrected chi connectivity index (χ2v) is 4.64. The Balaban J connectivity index is 1.96. The molecule has 0 spiro atoms. The van der Waals surface area contributed by atoms with Crippen molar-refractivity contribution in [3.05, 3.63) is 28.2 Å². The van der Waals surface area contributed by atoms with Gasteiger partial charge in [-0.2, -0.15) is 0 Å². The Bertz CT molecular complexity index is 323. The summed E-state index contributed by atoms with van der Waals surface area (Å²) in [7, 11) is 0. The lowest BCUT2D eigenvalue weighted by atomic mass is 9.93. The van der Waals surface area contributed by atoms with Crippen LogP contribution in [0.15, 0.2) is 22.7 Å². The molecule has 0 unspecified atom stereocenters. The smallest absolute Gasteiger partial charge is 0.115 e. The molecule has 0 heterocycles. The van der Waals surface area contributed by atoms with E-state index in [-0.39, 0.29) is 0 Å². The summed E-state index contributed by atoms with van der Waals surface area (Å²) in [5.74, 6) is 0.332. The second-order valence-electron chi connectivity index (χ2n) is 3.78. The van der Waals surface area contributed by atoms with E-state index in [2.05, 4.69) is 21.2 Å². The van der Waals surface area contributed by atoms with Gasteiger partial charge >= 0.3 is 0 Å². The van der Waals surface area contributed by atoms with Crippen molar-refractivity contribution in [1.82, 2.24) is 5.32 Å². The number of hydrogen-bond donors (Lipinski definition) is 2. The lowest BCUT2D eigenvalue weighted by Crippen LogP contribution is -2.34. The van der Waals surface area contributed by atoms with Crippen molar-refractivity contribution in [3.8, 4) is 5.75 Å². The van der Waals surface area contributed by atoms with Gasteiger partial charge in [-0.25, -0.2) is 0 Å². The number of rotatable bonds is 3. The van der Waals surface area contributed by atoms with Gasteiger partial charge in [-0.05, 0) is 36.6 Å². The Morgan fingerprint density at radius 2 is 2.21 bits per heavy atom.